The van der Waals surface area contributed by atoms with Gasteiger partial charge in [0, 0.05) is 12.1 Å². The lowest BCUT2D eigenvalue weighted by Gasteiger charge is -2.35. The van der Waals surface area contributed by atoms with Crippen molar-refractivity contribution in [2.75, 3.05) is 13.2 Å². The van der Waals surface area contributed by atoms with Crippen LogP contribution in [-0.2, 0) is 4.74 Å². The van der Waals surface area contributed by atoms with E-state index in [0.29, 0.717) is 6.10 Å². The topological polar surface area (TPSA) is 41.5 Å². The first kappa shape index (κ1) is 15.3. The van der Waals surface area contributed by atoms with Gasteiger partial charge < -0.3 is 15.2 Å². The maximum absolute atomic E-state index is 9.59. The highest BCUT2D eigenvalue weighted by molar-refractivity contribution is 4.93. The molecule has 1 unspecified atom stereocenters. The highest BCUT2D eigenvalue weighted by Gasteiger charge is 2.41. The molecular formula is C16H31NO2. The Labute approximate surface area is 118 Å². The van der Waals surface area contributed by atoms with E-state index in [1.807, 2.05) is 0 Å². The van der Waals surface area contributed by atoms with Crippen molar-refractivity contribution in [2.45, 2.75) is 88.9 Å². The molecule has 2 fully saturated rings. The SMILES string of the molecule is CCC(CC)(CO)NCC1CCC2(CCCCC2)O1. The van der Waals surface area contributed by atoms with E-state index >= 15 is 0 Å². The van der Waals surface area contributed by atoms with Gasteiger partial charge in [-0.15, -0.1) is 0 Å². The van der Waals surface area contributed by atoms with Crippen LogP contribution in [0.3, 0.4) is 0 Å². The van der Waals surface area contributed by atoms with E-state index in [-0.39, 0.29) is 17.7 Å². The summed E-state index contributed by atoms with van der Waals surface area (Å²) in [6.45, 7) is 5.40. The van der Waals surface area contributed by atoms with E-state index in [2.05, 4.69) is 19.2 Å². The van der Waals surface area contributed by atoms with Crippen LogP contribution in [0, 0.1) is 0 Å². The number of nitrogens with one attached hydrogen (secondary N) is 1. The third kappa shape index (κ3) is 3.50. The predicted octanol–water partition coefficient (Wildman–Crippen LogP) is 3.01. The molecule has 2 aliphatic rings. The molecule has 0 radical (unpaired) electrons. The summed E-state index contributed by atoms with van der Waals surface area (Å²) in [5.74, 6) is 0. The first-order chi connectivity index (χ1) is 9.17. The Bertz CT molecular complexity index is 262. The summed E-state index contributed by atoms with van der Waals surface area (Å²) in [6.07, 6.45) is 11.3. The van der Waals surface area contributed by atoms with Crippen molar-refractivity contribution in [3.05, 3.63) is 0 Å². The van der Waals surface area contributed by atoms with E-state index in [0.717, 1.165) is 19.4 Å². The minimum Gasteiger partial charge on any atom is -0.394 e. The molecule has 0 aromatic carbocycles. The van der Waals surface area contributed by atoms with E-state index in [4.69, 9.17) is 4.74 Å². The van der Waals surface area contributed by atoms with Crippen LogP contribution in [-0.4, -0.2) is 35.5 Å². The molecule has 1 atom stereocenters. The summed E-state index contributed by atoms with van der Waals surface area (Å²) < 4.78 is 6.37. The van der Waals surface area contributed by atoms with Crippen molar-refractivity contribution in [1.82, 2.24) is 5.32 Å². The van der Waals surface area contributed by atoms with Gasteiger partial charge in [0.2, 0.25) is 0 Å². The maximum Gasteiger partial charge on any atom is 0.0708 e. The largest absolute Gasteiger partial charge is 0.394 e. The van der Waals surface area contributed by atoms with Crippen molar-refractivity contribution >= 4 is 0 Å². The summed E-state index contributed by atoms with van der Waals surface area (Å²) in [7, 11) is 0. The fourth-order valence-corrected chi connectivity index (χ4v) is 3.71. The van der Waals surface area contributed by atoms with Crippen LogP contribution < -0.4 is 5.32 Å². The van der Waals surface area contributed by atoms with Gasteiger partial charge in [0.1, 0.15) is 0 Å². The molecule has 1 saturated carbocycles. The fourth-order valence-electron chi connectivity index (χ4n) is 3.71. The first-order valence-corrected chi connectivity index (χ1v) is 8.21. The number of hydrogen-bond donors (Lipinski definition) is 2. The average Bonchev–Trinajstić information content (AvgIpc) is 2.85. The molecule has 0 aromatic heterocycles. The Morgan fingerprint density at radius 1 is 1.16 bits per heavy atom. The molecule has 0 bridgehead atoms. The van der Waals surface area contributed by atoms with E-state index in [1.165, 1.54) is 44.9 Å². The van der Waals surface area contributed by atoms with Crippen molar-refractivity contribution in [2.24, 2.45) is 0 Å². The molecule has 0 aromatic rings. The van der Waals surface area contributed by atoms with Crippen LogP contribution in [0.15, 0.2) is 0 Å². The Morgan fingerprint density at radius 2 is 1.84 bits per heavy atom. The Balaban J connectivity index is 1.81. The predicted molar refractivity (Wildman–Crippen MR) is 78.3 cm³/mol. The summed E-state index contributed by atoms with van der Waals surface area (Å²) in [6, 6.07) is 0. The minimum atomic E-state index is -0.105. The normalized spacial score (nSPS) is 27.0. The van der Waals surface area contributed by atoms with Gasteiger partial charge in [-0.3, -0.25) is 0 Å². The number of rotatable bonds is 6. The van der Waals surface area contributed by atoms with Gasteiger partial charge in [-0.25, -0.2) is 0 Å². The monoisotopic (exact) mass is 269 g/mol. The lowest BCUT2D eigenvalue weighted by molar-refractivity contribution is -0.0650. The smallest absolute Gasteiger partial charge is 0.0708 e. The van der Waals surface area contributed by atoms with E-state index in [1.54, 1.807) is 0 Å². The van der Waals surface area contributed by atoms with Crippen molar-refractivity contribution < 1.29 is 9.84 Å². The molecule has 19 heavy (non-hydrogen) atoms. The Hall–Kier alpha value is -0.120. The molecule has 1 heterocycles. The highest BCUT2D eigenvalue weighted by atomic mass is 16.5. The number of ether oxygens (including phenoxy) is 1. The lowest BCUT2D eigenvalue weighted by atomic mass is 9.83. The van der Waals surface area contributed by atoms with Crippen LogP contribution >= 0.6 is 0 Å². The van der Waals surface area contributed by atoms with Crippen LogP contribution in [0.1, 0.15) is 71.6 Å². The molecule has 1 spiro atoms. The van der Waals surface area contributed by atoms with Crippen molar-refractivity contribution in [1.29, 1.82) is 0 Å². The van der Waals surface area contributed by atoms with Crippen LogP contribution in [0.5, 0.6) is 0 Å². The summed E-state index contributed by atoms with van der Waals surface area (Å²) in [5.41, 5.74) is 0.108. The zero-order chi connectivity index (χ0) is 13.8. The Morgan fingerprint density at radius 3 is 2.42 bits per heavy atom. The minimum absolute atomic E-state index is 0.105. The maximum atomic E-state index is 9.59. The second-order valence-electron chi connectivity index (χ2n) is 6.55. The van der Waals surface area contributed by atoms with Gasteiger partial charge in [-0.2, -0.15) is 0 Å². The number of aliphatic hydroxyl groups excluding tert-OH is 1. The average molecular weight is 269 g/mol. The second kappa shape index (κ2) is 6.55. The molecule has 1 aliphatic carbocycles. The van der Waals surface area contributed by atoms with Crippen LogP contribution in [0.4, 0.5) is 0 Å². The quantitative estimate of drug-likeness (QED) is 0.779. The molecule has 1 aliphatic heterocycles. The van der Waals surface area contributed by atoms with E-state index < -0.39 is 0 Å². The Kier molecular flexibility index (Phi) is 5.27. The molecule has 3 heteroatoms. The van der Waals surface area contributed by atoms with Gasteiger partial charge in [0.25, 0.3) is 0 Å². The van der Waals surface area contributed by atoms with Crippen molar-refractivity contribution in [3.8, 4) is 0 Å². The van der Waals surface area contributed by atoms with Gasteiger partial charge in [0.15, 0.2) is 0 Å². The fraction of sp³-hybridized carbons (Fsp3) is 1.00. The molecule has 2 N–H and O–H groups in total. The first-order valence-electron chi connectivity index (χ1n) is 8.21. The molecule has 3 nitrogen and oxygen atoms in total. The van der Waals surface area contributed by atoms with Gasteiger partial charge in [-0.05, 0) is 38.5 Å². The van der Waals surface area contributed by atoms with Gasteiger partial charge >= 0.3 is 0 Å². The van der Waals surface area contributed by atoms with Crippen LogP contribution in [0.25, 0.3) is 0 Å². The second-order valence-corrected chi connectivity index (χ2v) is 6.55. The van der Waals surface area contributed by atoms with Crippen molar-refractivity contribution in [3.63, 3.8) is 0 Å². The van der Waals surface area contributed by atoms with Crippen LogP contribution in [0.2, 0.25) is 0 Å². The third-order valence-electron chi connectivity index (χ3n) is 5.46. The molecular weight excluding hydrogens is 238 g/mol. The molecule has 112 valence electrons. The van der Waals surface area contributed by atoms with E-state index in [9.17, 15) is 5.11 Å². The van der Waals surface area contributed by atoms with Gasteiger partial charge in [-0.1, -0.05) is 33.1 Å². The van der Waals surface area contributed by atoms with Gasteiger partial charge in [0.05, 0.1) is 18.3 Å². The third-order valence-corrected chi connectivity index (χ3v) is 5.46. The zero-order valence-electron chi connectivity index (χ0n) is 12.7. The highest BCUT2D eigenvalue weighted by Crippen LogP contribution is 2.41. The summed E-state index contributed by atoms with van der Waals surface area (Å²) >= 11 is 0. The summed E-state index contributed by atoms with van der Waals surface area (Å²) in [4.78, 5) is 0. The standard InChI is InChI=1S/C16H31NO2/c1-3-15(4-2,13-18)17-12-14-8-11-16(19-14)9-6-5-7-10-16/h14,17-18H,3-13H2,1-2H3. The molecule has 2 rings (SSSR count). The number of hydrogen-bond acceptors (Lipinski definition) is 3. The summed E-state index contributed by atoms with van der Waals surface area (Å²) in [5, 5.41) is 13.2. The number of aliphatic hydroxyl groups is 1. The molecule has 0 amide bonds. The molecule has 1 saturated heterocycles. The lowest BCUT2D eigenvalue weighted by Crippen LogP contribution is -2.50. The zero-order valence-corrected chi connectivity index (χ0v) is 12.7.